The van der Waals surface area contributed by atoms with Gasteiger partial charge in [0, 0.05) is 13.0 Å². The molecule has 0 aromatic rings. The van der Waals surface area contributed by atoms with Crippen LogP contribution in [0.1, 0.15) is 33.1 Å². The van der Waals surface area contributed by atoms with Crippen molar-refractivity contribution in [3.05, 3.63) is 0 Å². The third-order valence-electron chi connectivity index (χ3n) is 3.66. The van der Waals surface area contributed by atoms with Crippen molar-refractivity contribution in [2.24, 2.45) is 5.92 Å². The second-order valence-corrected chi connectivity index (χ2v) is 5.09. The fourth-order valence-electron chi connectivity index (χ4n) is 2.78. The lowest BCUT2D eigenvalue weighted by atomic mass is 9.96. The van der Waals surface area contributed by atoms with Crippen LogP contribution in [0.2, 0.25) is 0 Å². The molecule has 102 valence electrons. The monoisotopic (exact) mass is 255 g/mol. The van der Waals surface area contributed by atoms with Gasteiger partial charge in [-0.25, -0.2) is 0 Å². The van der Waals surface area contributed by atoms with Crippen molar-refractivity contribution in [3.8, 4) is 0 Å². The average Bonchev–Trinajstić information content (AvgIpc) is 2.69. The van der Waals surface area contributed by atoms with Gasteiger partial charge in [-0.2, -0.15) is 0 Å². The summed E-state index contributed by atoms with van der Waals surface area (Å²) in [5.41, 5.74) is 0. The third kappa shape index (κ3) is 2.83. The van der Waals surface area contributed by atoms with Crippen LogP contribution in [0, 0.1) is 5.92 Å². The predicted octanol–water partition coefficient (Wildman–Crippen LogP) is 0.965. The number of carbonyl (C=O) groups excluding carboxylic acids is 2. The number of esters is 2. The molecule has 0 unspecified atom stereocenters. The smallest absolute Gasteiger partial charge is 0.323 e. The Balaban J connectivity index is 1.94. The standard InChI is InChI=1S/C13H21NO4/c1-3-17-12(15)10-5-4-6-14(8-10)11-7-9(2)18-13(11)16/h9-11H,3-8H2,1-2H3/t9-,10+,11+/m0/s1. The van der Waals surface area contributed by atoms with E-state index >= 15 is 0 Å². The van der Waals surface area contributed by atoms with Gasteiger partial charge in [0.15, 0.2) is 0 Å². The molecule has 5 heteroatoms. The first-order chi connectivity index (χ1) is 8.61. The Morgan fingerprint density at radius 2 is 2.33 bits per heavy atom. The second-order valence-electron chi connectivity index (χ2n) is 5.09. The van der Waals surface area contributed by atoms with Crippen molar-refractivity contribution < 1.29 is 19.1 Å². The zero-order valence-corrected chi connectivity index (χ0v) is 11.1. The van der Waals surface area contributed by atoms with E-state index in [1.807, 2.05) is 13.8 Å². The Bertz CT molecular complexity index is 331. The fourth-order valence-corrected chi connectivity index (χ4v) is 2.78. The molecule has 0 aromatic heterocycles. The Morgan fingerprint density at radius 3 is 2.94 bits per heavy atom. The molecule has 2 heterocycles. The first-order valence-electron chi connectivity index (χ1n) is 6.73. The molecule has 0 N–H and O–H groups in total. The van der Waals surface area contributed by atoms with Crippen LogP contribution in [0.4, 0.5) is 0 Å². The van der Waals surface area contributed by atoms with E-state index in [0.29, 0.717) is 13.2 Å². The number of piperidine rings is 1. The average molecular weight is 255 g/mol. The van der Waals surface area contributed by atoms with Crippen LogP contribution in [-0.4, -0.2) is 48.7 Å². The maximum atomic E-state index is 11.7. The molecule has 18 heavy (non-hydrogen) atoms. The number of hydrogen-bond donors (Lipinski definition) is 0. The van der Waals surface area contributed by atoms with E-state index in [1.54, 1.807) is 0 Å². The molecule has 2 aliphatic heterocycles. The van der Waals surface area contributed by atoms with Crippen molar-refractivity contribution in [2.45, 2.75) is 45.3 Å². The Labute approximate surface area is 107 Å². The van der Waals surface area contributed by atoms with Crippen LogP contribution < -0.4 is 0 Å². The van der Waals surface area contributed by atoms with Crippen LogP contribution in [0.15, 0.2) is 0 Å². The van der Waals surface area contributed by atoms with E-state index in [4.69, 9.17) is 9.47 Å². The number of cyclic esters (lactones) is 1. The molecular formula is C13H21NO4. The molecule has 2 rings (SSSR count). The van der Waals surface area contributed by atoms with E-state index in [0.717, 1.165) is 25.8 Å². The topological polar surface area (TPSA) is 55.8 Å². The Hall–Kier alpha value is -1.10. The summed E-state index contributed by atoms with van der Waals surface area (Å²) in [5.74, 6) is -0.379. The summed E-state index contributed by atoms with van der Waals surface area (Å²) in [6.45, 7) is 5.62. The highest BCUT2D eigenvalue weighted by Gasteiger charge is 2.39. The van der Waals surface area contributed by atoms with E-state index < -0.39 is 0 Å². The van der Waals surface area contributed by atoms with Gasteiger partial charge in [0.2, 0.25) is 0 Å². The zero-order valence-electron chi connectivity index (χ0n) is 11.1. The van der Waals surface area contributed by atoms with E-state index in [9.17, 15) is 9.59 Å². The zero-order chi connectivity index (χ0) is 13.1. The maximum absolute atomic E-state index is 11.7. The third-order valence-corrected chi connectivity index (χ3v) is 3.66. The summed E-state index contributed by atoms with van der Waals surface area (Å²) in [4.78, 5) is 25.5. The first kappa shape index (κ1) is 13.3. The van der Waals surface area contributed by atoms with Gasteiger partial charge in [-0.05, 0) is 33.2 Å². The molecule has 0 bridgehead atoms. The molecule has 0 aliphatic carbocycles. The van der Waals surface area contributed by atoms with Gasteiger partial charge in [0.05, 0.1) is 12.5 Å². The molecular weight excluding hydrogens is 234 g/mol. The molecule has 0 spiro atoms. The Kier molecular flexibility index (Phi) is 4.22. The highest BCUT2D eigenvalue weighted by atomic mass is 16.6. The van der Waals surface area contributed by atoms with Gasteiger partial charge in [-0.1, -0.05) is 0 Å². The van der Waals surface area contributed by atoms with Crippen LogP contribution in [-0.2, 0) is 19.1 Å². The number of carbonyl (C=O) groups is 2. The molecule has 0 radical (unpaired) electrons. The summed E-state index contributed by atoms with van der Waals surface area (Å²) in [6, 6.07) is -0.169. The summed E-state index contributed by atoms with van der Waals surface area (Å²) >= 11 is 0. The molecule has 0 amide bonds. The molecule has 0 saturated carbocycles. The van der Waals surface area contributed by atoms with E-state index in [1.165, 1.54) is 0 Å². The maximum Gasteiger partial charge on any atom is 0.323 e. The minimum absolute atomic E-state index is 0.00882. The summed E-state index contributed by atoms with van der Waals surface area (Å²) in [5, 5.41) is 0. The lowest BCUT2D eigenvalue weighted by Crippen LogP contribution is -2.46. The number of rotatable bonds is 3. The van der Waals surface area contributed by atoms with Crippen LogP contribution >= 0.6 is 0 Å². The van der Waals surface area contributed by atoms with Crippen LogP contribution in [0.25, 0.3) is 0 Å². The first-order valence-corrected chi connectivity index (χ1v) is 6.73. The van der Waals surface area contributed by atoms with E-state index in [-0.39, 0.29) is 30.0 Å². The van der Waals surface area contributed by atoms with Crippen molar-refractivity contribution in [3.63, 3.8) is 0 Å². The van der Waals surface area contributed by atoms with Crippen molar-refractivity contribution >= 4 is 11.9 Å². The minimum atomic E-state index is -0.169. The molecule has 3 atom stereocenters. The number of hydrogen-bond acceptors (Lipinski definition) is 5. The highest BCUT2D eigenvalue weighted by Crippen LogP contribution is 2.26. The fraction of sp³-hybridized carbons (Fsp3) is 0.846. The van der Waals surface area contributed by atoms with Gasteiger partial charge in [0.25, 0.3) is 0 Å². The normalized spacial score (nSPS) is 33.2. The number of nitrogens with zero attached hydrogens (tertiary/aromatic N) is 1. The van der Waals surface area contributed by atoms with Crippen molar-refractivity contribution in [1.29, 1.82) is 0 Å². The van der Waals surface area contributed by atoms with Gasteiger partial charge in [-0.15, -0.1) is 0 Å². The summed E-state index contributed by atoms with van der Waals surface area (Å²) < 4.78 is 10.2. The largest absolute Gasteiger partial charge is 0.466 e. The summed E-state index contributed by atoms with van der Waals surface area (Å²) in [7, 11) is 0. The molecule has 2 fully saturated rings. The van der Waals surface area contributed by atoms with Gasteiger partial charge in [0.1, 0.15) is 12.1 Å². The molecule has 5 nitrogen and oxygen atoms in total. The SMILES string of the molecule is CCOC(=O)[C@@H]1CCCN([C@@H]2C[C@H](C)OC2=O)C1. The molecule has 0 aromatic carbocycles. The van der Waals surface area contributed by atoms with Gasteiger partial charge >= 0.3 is 11.9 Å². The van der Waals surface area contributed by atoms with Crippen LogP contribution in [0.5, 0.6) is 0 Å². The number of ether oxygens (including phenoxy) is 2. The molecule has 2 aliphatic rings. The number of likely N-dealkylation sites (tertiary alicyclic amines) is 1. The van der Waals surface area contributed by atoms with Crippen molar-refractivity contribution in [1.82, 2.24) is 4.90 Å². The Morgan fingerprint density at radius 1 is 1.56 bits per heavy atom. The lowest BCUT2D eigenvalue weighted by molar-refractivity contribution is -0.152. The second kappa shape index (κ2) is 5.69. The highest BCUT2D eigenvalue weighted by molar-refractivity contribution is 5.78. The van der Waals surface area contributed by atoms with Crippen LogP contribution in [0.3, 0.4) is 0 Å². The van der Waals surface area contributed by atoms with Crippen molar-refractivity contribution in [2.75, 3.05) is 19.7 Å². The molecule has 2 saturated heterocycles. The minimum Gasteiger partial charge on any atom is -0.466 e. The van der Waals surface area contributed by atoms with Gasteiger partial charge in [-0.3, -0.25) is 14.5 Å². The quantitative estimate of drug-likeness (QED) is 0.703. The lowest BCUT2D eigenvalue weighted by Gasteiger charge is -2.33. The summed E-state index contributed by atoms with van der Waals surface area (Å²) in [6.07, 6.45) is 2.51. The van der Waals surface area contributed by atoms with E-state index in [2.05, 4.69) is 4.90 Å². The van der Waals surface area contributed by atoms with Gasteiger partial charge < -0.3 is 9.47 Å². The predicted molar refractivity (Wildman–Crippen MR) is 64.9 cm³/mol.